The Balaban J connectivity index is 2.63. The molecule has 2 rings (SSSR count). The quantitative estimate of drug-likeness (QED) is 0.431. The molecule has 1 aromatic heterocycles. The molecular weight excluding hydrogens is 356 g/mol. The smallest absolute Gasteiger partial charge is 0.266 e. The number of aromatic nitrogens is 1. The number of hydrogen-bond donors (Lipinski definition) is 2. The van der Waals surface area contributed by atoms with Crippen LogP contribution in [-0.2, 0) is 21.1 Å². The van der Waals surface area contributed by atoms with Crippen LogP contribution in [0.3, 0.4) is 0 Å². The number of carbonyl (C=O) groups excluding carboxylic acids is 1. The van der Waals surface area contributed by atoms with E-state index in [0.29, 0.717) is 11.4 Å². The van der Waals surface area contributed by atoms with E-state index < -0.39 is 26.9 Å². The molecule has 1 amide bonds. The number of methoxy groups -OCH3 is 1. The molecule has 2 aromatic rings. The maximum absolute atomic E-state index is 13.3. The summed E-state index contributed by atoms with van der Waals surface area (Å²) in [5, 5.41) is 9.19. The molecule has 1 heterocycles. The first-order chi connectivity index (χ1) is 12.4. The van der Waals surface area contributed by atoms with Gasteiger partial charge < -0.3 is 4.74 Å². The first-order valence-electron chi connectivity index (χ1n) is 7.58. The Morgan fingerprint density at radius 3 is 2.50 bits per heavy atom. The van der Waals surface area contributed by atoms with Crippen molar-refractivity contribution >= 4 is 15.7 Å². The zero-order chi connectivity index (χ0) is 19.2. The van der Waals surface area contributed by atoms with Gasteiger partial charge in [0.05, 0.1) is 12.0 Å². The van der Waals surface area contributed by atoms with Gasteiger partial charge in [0.25, 0.3) is 5.91 Å². The first-order valence-corrected chi connectivity index (χ1v) is 9.06. The van der Waals surface area contributed by atoms with E-state index in [1.807, 2.05) is 0 Å². The minimum absolute atomic E-state index is 0.118. The van der Waals surface area contributed by atoms with Crippen molar-refractivity contribution in [2.45, 2.75) is 22.5 Å². The van der Waals surface area contributed by atoms with Gasteiger partial charge >= 0.3 is 0 Å². The van der Waals surface area contributed by atoms with E-state index in [4.69, 9.17) is 11.2 Å². The van der Waals surface area contributed by atoms with E-state index in [1.165, 1.54) is 43.1 Å². The van der Waals surface area contributed by atoms with E-state index in [1.54, 1.807) is 18.2 Å². The Labute approximate surface area is 151 Å². The monoisotopic (exact) mass is 374 g/mol. The minimum Gasteiger partial charge on any atom is -0.497 e. The number of carbonyl (C=O) groups is 1. The number of terminal acetylenes is 1. The van der Waals surface area contributed by atoms with Gasteiger partial charge in [-0.3, -0.25) is 15.0 Å². The Morgan fingerprint density at radius 2 is 2.00 bits per heavy atom. The van der Waals surface area contributed by atoms with Crippen molar-refractivity contribution in [3.8, 4) is 18.1 Å². The number of hydrogen-bond acceptors (Lipinski definition) is 6. The molecule has 136 valence electrons. The number of hydroxylamine groups is 1. The number of rotatable bonds is 7. The van der Waals surface area contributed by atoms with Crippen molar-refractivity contribution in [1.29, 1.82) is 0 Å². The molecule has 1 aromatic carbocycles. The third-order valence-corrected chi connectivity index (χ3v) is 6.38. The van der Waals surface area contributed by atoms with E-state index in [0.717, 1.165) is 0 Å². The molecule has 0 aliphatic rings. The van der Waals surface area contributed by atoms with Crippen molar-refractivity contribution in [3.63, 3.8) is 0 Å². The lowest BCUT2D eigenvalue weighted by Gasteiger charge is -2.29. The van der Waals surface area contributed by atoms with Crippen LogP contribution in [0.1, 0.15) is 12.1 Å². The van der Waals surface area contributed by atoms with Crippen LogP contribution >= 0.6 is 0 Å². The minimum atomic E-state index is -4.27. The van der Waals surface area contributed by atoms with Gasteiger partial charge in [-0.1, -0.05) is 6.07 Å². The highest BCUT2D eigenvalue weighted by Crippen LogP contribution is 2.33. The summed E-state index contributed by atoms with van der Waals surface area (Å²) < 4.78 is 29.5. The molecule has 8 heteroatoms. The molecule has 0 radical (unpaired) electrons. The van der Waals surface area contributed by atoms with Gasteiger partial charge in [-0.15, -0.1) is 12.3 Å². The highest BCUT2D eigenvalue weighted by Gasteiger charge is 2.51. The highest BCUT2D eigenvalue weighted by molar-refractivity contribution is 7.93. The average Bonchev–Trinajstić information content (AvgIpc) is 2.67. The van der Waals surface area contributed by atoms with Gasteiger partial charge in [0.1, 0.15) is 5.75 Å². The summed E-state index contributed by atoms with van der Waals surface area (Å²) in [6.07, 6.45) is 6.11. The molecule has 0 saturated carbocycles. The molecular formula is C18H18N2O5S. The number of ether oxygens (including phenoxy) is 1. The van der Waals surface area contributed by atoms with Gasteiger partial charge in [0.15, 0.2) is 14.6 Å². The van der Waals surface area contributed by atoms with Crippen molar-refractivity contribution < 1.29 is 23.2 Å². The van der Waals surface area contributed by atoms with Crippen LogP contribution in [-0.4, -0.2) is 36.4 Å². The molecule has 0 aliphatic heterocycles. The normalized spacial score (nSPS) is 13.3. The molecule has 7 nitrogen and oxygen atoms in total. The summed E-state index contributed by atoms with van der Waals surface area (Å²) in [5.74, 6) is 1.59. The Kier molecular flexibility index (Phi) is 5.97. The van der Waals surface area contributed by atoms with Crippen LogP contribution in [0, 0.1) is 12.3 Å². The lowest BCUT2D eigenvalue weighted by atomic mass is 9.97. The fraction of sp³-hybridized carbons (Fsp3) is 0.222. The van der Waals surface area contributed by atoms with Gasteiger partial charge in [-0.25, -0.2) is 13.9 Å². The molecule has 0 fully saturated rings. The molecule has 0 saturated heterocycles. The topological polar surface area (TPSA) is 106 Å². The predicted molar refractivity (Wildman–Crippen MR) is 94.2 cm³/mol. The summed E-state index contributed by atoms with van der Waals surface area (Å²) in [6, 6.07) is 10.5. The highest BCUT2D eigenvalue weighted by atomic mass is 32.2. The standard InChI is InChI=1S/C18H18N2O5S/c1-3-11-18(17(21)20-22,13-14-6-4-5-12-19-14)26(23,24)16-9-7-15(25-2)8-10-16/h1,4-10,12,22H,11,13H2,2H3,(H,20,21). The second-order valence-electron chi connectivity index (χ2n) is 5.49. The largest absolute Gasteiger partial charge is 0.497 e. The number of amides is 1. The van der Waals surface area contributed by atoms with Crippen molar-refractivity contribution in [1.82, 2.24) is 10.5 Å². The van der Waals surface area contributed by atoms with Crippen LogP contribution in [0.15, 0.2) is 53.6 Å². The van der Waals surface area contributed by atoms with E-state index in [-0.39, 0.29) is 11.3 Å². The van der Waals surface area contributed by atoms with Crippen LogP contribution in [0.5, 0.6) is 5.75 Å². The van der Waals surface area contributed by atoms with E-state index >= 15 is 0 Å². The van der Waals surface area contributed by atoms with Gasteiger partial charge in [0.2, 0.25) is 0 Å². The second kappa shape index (κ2) is 7.99. The first kappa shape index (κ1) is 19.4. The Hall–Kier alpha value is -2.89. The summed E-state index contributed by atoms with van der Waals surface area (Å²) in [5.41, 5.74) is 1.79. The molecule has 1 unspecified atom stereocenters. The number of nitrogens with one attached hydrogen (secondary N) is 1. The van der Waals surface area contributed by atoms with Gasteiger partial charge in [0, 0.05) is 24.7 Å². The number of sulfone groups is 1. The van der Waals surface area contributed by atoms with Crippen molar-refractivity contribution in [2.75, 3.05) is 7.11 Å². The molecule has 0 aliphatic carbocycles. The van der Waals surface area contributed by atoms with Crippen LogP contribution in [0.4, 0.5) is 0 Å². The average molecular weight is 374 g/mol. The van der Waals surface area contributed by atoms with Crippen LogP contribution in [0.2, 0.25) is 0 Å². The van der Waals surface area contributed by atoms with E-state index in [2.05, 4.69) is 10.9 Å². The lowest BCUT2D eigenvalue weighted by Crippen LogP contribution is -2.53. The molecule has 0 spiro atoms. The molecule has 2 N–H and O–H groups in total. The fourth-order valence-corrected chi connectivity index (χ4v) is 4.42. The summed E-state index contributed by atoms with van der Waals surface area (Å²) in [7, 11) is -2.82. The van der Waals surface area contributed by atoms with Gasteiger partial charge in [-0.2, -0.15) is 0 Å². The van der Waals surface area contributed by atoms with Crippen molar-refractivity contribution in [2.24, 2.45) is 0 Å². The lowest BCUT2D eigenvalue weighted by molar-refractivity contribution is -0.131. The number of benzene rings is 1. The second-order valence-corrected chi connectivity index (χ2v) is 7.75. The fourth-order valence-electron chi connectivity index (χ4n) is 2.58. The molecule has 1 atom stereocenters. The zero-order valence-corrected chi connectivity index (χ0v) is 14.9. The van der Waals surface area contributed by atoms with E-state index in [9.17, 15) is 18.4 Å². The third kappa shape index (κ3) is 3.54. The maximum Gasteiger partial charge on any atom is 0.266 e. The molecule has 26 heavy (non-hydrogen) atoms. The Bertz CT molecular complexity index is 905. The summed E-state index contributed by atoms with van der Waals surface area (Å²) in [4.78, 5) is 16.4. The van der Waals surface area contributed by atoms with Crippen molar-refractivity contribution in [3.05, 3.63) is 54.4 Å². The Morgan fingerprint density at radius 1 is 1.31 bits per heavy atom. The summed E-state index contributed by atoms with van der Waals surface area (Å²) >= 11 is 0. The summed E-state index contributed by atoms with van der Waals surface area (Å²) in [6.45, 7) is 0. The number of pyridine rings is 1. The molecule has 0 bridgehead atoms. The number of nitrogens with zero attached hydrogens (tertiary/aromatic N) is 1. The maximum atomic E-state index is 13.3. The van der Waals surface area contributed by atoms with Crippen LogP contribution < -0.4 is 10.2 Å². The third-order valence-electron chi connectivity index (χ3n) is 3.98. The van der Waals surface area contributed by atoms with Crippen LogP contribution in [0.25, 0.3) is 0 Å². The zero-order valence-electron chi connectivity index (χ0n) is 14.0. The predicted octanol–water partition coefficient (Wildman–Crippen LogP) is 1.37. The van der Waals surface area contributed by atoms with Gasteiger partial charge in [-0.05, 0) is 36.4 Å². The SMILES string of the molecule is C#CCC(Cc1ccccn1)(C(=O)NO)S(=O)(=O)c1ccc(OC)cc1.